The van der Waals surface area contributed by atoms with Gasteiger partial charge in [-0.05, 0) is 45.9 Å². The molecule has 0 aromatic heterocycles. The fourth-order valence-electron chi connectivity index (χ4n) is 2.24. The average molecular weight is 231 g/mol. The molecule has 2 rings (SSSR count). The lowest BCUT2D eigenvalue weighted by atomic mass is 9.40. The van der Waals surface area contributed by atoms with Crippen molar-refractivity contribution >= 4 is 13.8 Å². The van der Waals surface area contributed by atoms with E-state index in [2.05, 4.69) is 39.7 Å². The first-order valence-electron chi connectivity index (χ1n) is 6.30. The summed E-state index contributed by atoms with van der Waals surface area (Å²) in [6.45, 7) is 8.33. The monoisotopic (exact) mass is 231 g/mol. The highest BCUT2D eigenvalue weighted by molar-refractivity contribution is 6.71. The third kappa shape index (κ3) is 2.29. The van der Waals surface area contributed by atoms with Gasteiger partial charge >= 0.3 is 7.12 Å². The van der Waals surface area contributed by atoms with Crippen molar-refractivity contribution in [2.45, 2.75) is 58.0 Å². The molecule has 0 bridgehead atoms. The van der Waals surface area contributed by atoms with Crippen LogP contribution in [0.3, 0.4) is 0 Å². The number of hydrogen-bond donors (Lipinski definition) is 0. The molecule has 3 nitrogen and oxygen atoms in total. The Kier molecular flexibility index (Phi) is 3.14. The largest absolute Gasteiger partial charge is 0.489 e. The summed E-state index contributed by atoms with van der Waals surface area (Å²) >= 11 is 0. The van der Waals surface area contributed by atoms with Crippen LogP contribution in [0.15, 0.2) is 11.5 Å². The molecule has 17 heavy (non-hydrogen) atoms. The van der Waals surface area contributed by atoms with E-state index < -0.39 is 0 Å². The lowest BCUT2D eigenvalue weighted by Gasteiger charge is -2.32. The SMILES string of the molecule is CC1(C)OB(C2=CCCB(C#N)C2)OC1(C)C. The van der Waals surface area contributed by atoms with Crippen molar-refractivity contribution in [1.29, 1.82) is 5.26 Å². The molecule has 0 spiro atoms. The Balaban J connectivity index is 2.12. The highest BCUT2D eigenvalue weighted by Crippen LogP contribution is 2.40. The molecule has 0 amide bonds. The molecule has 0 N–H and O–H groups in total. The Hall–Kier alpha value is -0.720. The molecule has 0 radical (unpaired) electrons. The molecule has 1 saturated heterocycles. The van der Waals surface area contributed by atoms with Crippen molar-refractivity contribution < 1.29 is 9.31 Å². The minimum Gasteiger partial charge on any atom is -0.400 e. The lowest BCUT2D eigenvalue weighted by molar-refractivity contribution is 0.00578. The van der Waals surface area contributed by atoms with Crippen molar-refractivity contribution in [3.05, 3.63) is 11.5 Å². The van der Waals surface area contributed by atoms with Crippen molar-refractivity contribution in [1.82, 2.24) is 0 Å². The summed E-state index contributed by atoms with van der Waals surface area (Å²) in [4.78, 5) is 0. The van der Waals surface area contributed by atoms with Crippen LogP contribution in [-0.2, 0) is 9.31 Å². The predicted octanol–water partition coefficient (Wildman–Crippen LogP) is 2.51. The van der Waals surface area contributed by atoms with E-state index in [4.69, 9.17) is 14.6 Å². The van der Waals surface area contributed by atoms with Crippen LogP contribution in [0.1, 0.15) is 34.1 Å². The number of hydrogen-bond acceptors (Lipinski definition) is 3. The van der Waals surface area contributed by atoms with Gasteiger partial charge in [0.05, 0.1) is 11.2 Å². The van der Waals surface area contributed by atoms with E-state index in [1.165, 1.54) is 0 Å². The van der Waals surface area contributed by atoms with E-state index >= 15 is 0 Å². The van der Waals surface area contributed by atoms with Crippen molar-refractivity contribution in [3.63, 3.8) is 0 Å². The van der Waals surface area contributed by atoms with Gasteiger partial charge in [-0.2, -0.15) is 0 Å². The molecule has 2 aliphatic rings. The van der Waals surface area contributed by atoms with E-state index in [1.807, 2.05) is 0 Å². The maximum absolute atomic E-state index is 9.00. The van der Waals surface area contributed by atoms with Gasteiger partial charge < -0.3 is 9.31 Å². The molecule has 0 unspecified atom stereocenters. The first-order valence-corrected chi connectivity index (χ1v) is 6.30. The van der Waals surface area contributed by atoms with E-state index in [0.29, 0.717) is 0 Å². The molecule has 0 aliphatic carbocycles. The quantitative estimate of drug-likeness (QED) is 0.651. The summed E-state index contributed by atoms with van der Waals surface area (Å²) in [6, 6.07) is 0. The topological polar surface area (TPSA) is 42.2 Å². The van der Waals surface area contributed by atoms with Crippen LogP contribution in [0, 0.1) is 11.2 Å². The molecule has 2 aliphatic heterocycles. The van der Waals surface area contributed by atoms with Crippen LogP contribution < -0.4 is 0 Å². The Morgan fingerprint density at radius 3 is 2.35 bits per heavy atom. The van der Waals surface area contributed by atoms with Crippen LogP contribution in [0.4, 0.5) is 0 Å². The smallest absolute Gasteiger partial charge is 0.400 e. The zero-order valence-corrected chi connectivity index (χ0v) is 11.1. The zero-order valence-electron chi connectivity index (χ0n) is 11.1. The van der Waals surface area contributed by atoms with Gasteiger partial charge in [0.15, 0.2) is 0 Å². The minimum absolute atomic E-state index is 0.119. The summed E-state index contributed by atoms with van der Waals surface area (Å²) in [5.74, 6) is 2.35. The van der Waals surface area contributed by atoms with Crippen LogP contribution in [0.5, 0.6) is 0 Å². The lowest BCUT2D eigenvalue weighted by Crippen LogP contribution is -2.41. The maximum atomic E-state index is 9.00. The zero-order chi connectivity index (χ0) is 12.7. The van der Waals surface area contributed by atoms with Gasteiger partial charge in [-0.15, -0.1) is 0 Å². The van der Waals surface area contributed by atoms with Gasteiger partial charge in [-0.3, -0.25) is 0 Å². The molecule has 90 valence electrons. The molecule has 2 heterocycles. The Morgan fingerprint density at radius 1 is 1.24 bits per heavy atom. The van der Waals surface area contributed by atoms with Crippen molar-refractivity contribution in [3.8, 4) is 5.97 Å². The van der Waals surface area contributed by atoms with Gasteiger partial charge in [-0.1, -0.05) is 12.4 Å². The van der Waals surface area contributed by atoms with E-state index in [1.54, 1.807) is 0 Å². The van der Waals surface area contributed by atoms with Crippen molar-refractivity contribution in [2.75, 3.05) is 0 Å². The molecule has 0 aromatic carbocycles. The van der Waals surface area contributed by atoms with E-state index in [0.717, 1.165) is 24.5 Å². The molecule has 5 heteroatoms. The number of allylic oxidation sites excluding steroid dienone is 2. The average Bonchev–Trinajstić information content (AvgIpc) is 2.48. The molecule has 0 aromatic rings. The van der Waals surface area contributed by atoms with Gasteiger partial charge in [0.2, 0.25) is 0 Å². The van der Waals surface area contributed by atoms with Crippen molar-refractivity contribution in [2.24, 2.45) is 0 Å². The third-order valence-electron chi connectivity index (χ3n) is 4.14. The maximum Gasteiger partial charge on any atom is 0.489 e. The van der Waals surface area contributed by atoms with Gasteiger partial charge in [0, 0.05) is 5.97 Å². The normalized spacial score (nSPS) is 26.6. The second kappa shape index (κ2) is 4.19. The first kappa shape index (κ1) is 12.7. The van der Waals surface area contributed by atoms with E-state index in [-0.39, 0.29) is 25.0 Å². The van der Waals surface area contributed by atoms with Gasteiger partial charge in [0.1, 0.15) is 0 Å². The fraction of sp³-hybridized carbons (Fsp3) is 0.750. The molecule has 0 atom stereocenters. The van der Waals surface area contributed by atoms with Crippen LogP contribution >= 0.6 is 0 Å². The second-order valence-corrected chi connectivity index (χ2v) is 5.97. The van der Waals surface area contributed by atoms with E-state index in [9.17, 15) is 0 Å². The van der Waals surface area contributed by atoms with Crippen LogP contribution in [-0.4, -0.2) is 25.0 Å². The molecule has 0 saturated carbocycles. The summed E-state index contributed by atoms with van der Waals surface area (Å²) in [6.07, 6.45) is 4.88. The first-order chi connectivity index (χ1) is 7.86. The summed E-state index contributed by atoms with van der Waals surface area (Å²) in [5, 5.41) is 9.00. The standard InChI is InChI=1S/C12H19B2NO2/c1-11(2)12(3,4)17-14(16-11)10-6-5-7-13(8-10)9-15/h6H,5,7-8H2,1-4H3. The number of nitriles is 1. The van der Waals surface area contributed by atoms with Crippen LogP contribution in [0.25, 0.3) is 0 Å². The molecular formula is C12H19B2NO2. The van der Waals surface area contributed by atoms with Gasteiger partial charge in [0.25, 0.3) is 6.71 Å². The second-order valence-electron chi connectivity index (χ2n) is 5.97. The Morgan fingerprint density at radius 2 is 1.82 bits per heavy atom. The summed E-state index contributed by atoms with van der Waals surface area (Å²) in [5.41, 5.74) is 0.553. The van der Waals surface area contributed by atoms with Gasteiger partial charge in [-0.25, -0.2) is 5.26 Å². The number of rotatable bonds is 1. The fourth-order valence-corrected chi connectivity index (χ4v) is 2.24. The number of nitrogens with zero attached hydrogens (tertiary/aromatic N) is 1. The summed E-state index contributed by atoms with van der Waals surface area (Å²) in [7, 11) is -0.267. The Bertz CT molecular complexity index is 368. The molecule has 1 fully saturated rings. The summed E-state index contributed by atoms with van der Waals surface area (Å²) < 4.78 is 12.0. The third-order valence-corrected chi connectivity index (χ3v) is 4.14. The Labute approximate surface area is 104 Å². The minimum atomic E-state index is -0.294. The predicted molar refractivity (Wildman–Crippen MR) is 69.8 cm³/mol. The highest BCUT2D eigenvalue weighted by atomic mass is 16.7. The van der Waals surface area contributed by atoms with Crippen LogP contribution in [0.2, 0.25) is 12.6 Å². The highest BCUT2D eigenvalue weighted by Gasteiger charge is 2.52. The molecular weight excluding hydrogens is 212 g/mol.